The van der Waals surface area contributed by atoms with Crippen LogP contribution in [0.3, 0.4) is 0 Å². The fourth-order valence-electron chi connectivity index (χ4n) is 3.21. The van der Waals surface area contributed by atoms with E-state index < -0.39 is 0 Å². The highest BCUT2D eigenvalue weighted by atomic mass is 16.4. The van der Waals surface area contributed by atoms with Gasteiger partial charge in [-0.05, 0) is 12.8 Å². The third-order valence-electron chi connectivity index (χ3n) is 4.63. The molecule has 2 aromatic rings. The van der Waals surface area contributed by atoms with Gasteiger partial charge in [0.2, 0.25) is 11.7 Å². The first kappa shape index (κ1) is 18.9. The Morgan fingerprint density at radius 3 is 3.00 bits per heavy atom. The van der Waals surface area contributed by atoms with Gasteiger partial charge in [-0.15, -0.1) is 0 Å². The summed E-state index contributed by atoms with van der Waals surface area (Å²) in [6.07, 6.45) is 12.4. The van der Waals surface area contributed by atoms with Crippen molar-refractivity contribution in [2.45, 2.75) is 46.1 Å². The van der Waals surface area contributed by atoms with Crippen LogP contribution in [0.4, 0.5) is 0 Å². The van der Waals surface area contributed by atoms with Crippen LogP contribution in [0.25, 0.3) is 5.57 Å². The number of nitrogens with one attached hydrogen (secondary N) is 1. The number of fused-ring (bicyclic) bond motifs is 1. The fraction of sp³-hybridized carbons (Fsp3) is 0.381. The van der Waals surface area contributed by atoms with Gasteiger partial charge in [0.1, 0.15) is 0 Å². The molecular weight excluding hydrogens is 340 g/mol. The molecule has 1 aliphatic rings. The number of hydrogen-bond donors (Lipinski definition) is 1. The number of oxazole rings is 1. The number of H-pyrrole nitrogens is 1. The van der Waals surface area contributed by atoms with Crippen molar-refractivity contribution in [3.8, 4) is 0 Å². The Morgan fingerprint density at radius 2 is 2.26 bits per heavy atom. The van der Waals surface area contributed by atoms with Gasteiger partial charge in [0, 0.05) is 18.5 Å². The van der Waals surface area contributed by atoms with Crippen molar-refractivity contribution in [3.63, 3.8) is 0 Å². The molecule has 0 aromatic carbocycles. The molecule has 142 valence electrons. The molecule has 0 radical (unpaired) electrons. The first-order valence-corrected chi connectivity index (χ1v) is 9.46. The molecule has 0 saturated heterocycles. The van der Waals surface area contributed by atoms with Crippen molar-refractivity contribution in [1.82, 2.24) is 19.9 Å². The lowest BCUT2D eigenvalue weighted by Gasteiger charge is -2.25. The molecule has 2 aromatic heterocycles. The van der Waals surface area contributed by atoms with E-state index in [1.165, 1.54) is 0 Å². The van der Waals surface area contributed by atoms with Crippen molar-refractivity contribution in [2.75, 3.05) is 6.54 Å². The molecule has 3 heterocycles. The number of carbonyl (C=O) groups is 1. The van der Waals surface area contributed by atoms with Crippen LogP contribution in [0.5, 0.6) is 0 Å². The maximum Gasteiger partial charge on any atom is 0.291 e. The number of aromatic nitrogens is 3. The molecule has 0 spiro atoms. The van der Waals surface area contributed by atoms with Crippen molar-refractivity contribution < 1.29 is 9.21 Å². The number of allylic oxidation sites excluding steroid dienone is 5. The van der Waals surface area contributed by atoms with Crippen molar-refractivity contribution in [3.05, 3.63) is 65.9 Å². The zero-order chi connectivity index (χ0) is 19.2. The van der Waals surface area contributed by atoms with Crippen LogP contribution >= 0.6 is 0 Å². The third kappa shape index (κ3) is 4.10. The lowest BCUT2D eigenvalue weighted by atomic mass is 10.1. The Bertz CT molecular complexity index is 873. The van der Waals surface area contributed by atoms with Gasteiger partial charge in [0.05, 0.1) is 30.0 Å². The van der Waals surface area contributed by atoms with Gasteiger partial charge >= 0.3 is 0 Å². The van der Waals surface area contributed by atoms with Crippen LogP contribution in [0.15, 0.2) is 41.6 Å². The molecule has 0 bridgehead atoms. The molecule has 0 saturated carbocycles. The quantitative estimate of drug-likeness (QED) is 0.749. The van der Waals surface area contributed by atoms with Crippen molar-refractivity contribution in [1.29, 1.82) is 0 Å². The van der Waals surface area contributed by atoms with Gasteiger partial charge in [-0.1, -0.05) is 51.2 Å². The van der Waals surface area contributed by atoms with E-state index in [2.05, 4.69) is 28.5 Å². The van der Waals surface area contributed by atoms with Gasteiger partial charge in [-0.3, -0.25) is 4.79 Å². The summed E-state index contributed by atoms with van der Waals surface area (Å²) >= 11 is 0. The fourth-order valence-corrected chi connectivity index (χ4v) is 3.21. The minimum absolute atomic E-state index is 0.108. The standard InChI is InChI=1S/C21H26N4O2/c1-4-7-8-10-15(9-5-2)20-24-16(6-3)19(27-20)21(26)25-12-11-17-18(13-25)23-14-22-17/h4,7-8,10,14H,1,5-6,9,11-13H2,2-3H3,(H,22,23)/b8-7-,15-10+. The average Bonchev–Trinajstić information content (AvgIpc) is 3.33. The Morgan fingerprint density at radius 1 is 1.41 bits per heavy atom. The Balaban J connectivity index is 1.87. The highest BCUT2D eigenvalue weighted by Crippen LogP contribution is 2.25. The number of nitrogens with zero attached hydrogens (tertiary/aromatic N) is 3. The lowest BCUT2D eigenvalue weighted by Crippen LogP contribution is -2.36. The molecule has 3 rings (SSSR count). The van der Waals surface area contributed by atoms with Crippen LogP contribution in [0.2, 0.25) is 0 Å². The first-order valence-electron chi connectivity index (χ1n) is 9.46. The molecule has 0 unspecified atom stereocenters. The van der Waals surface area contributed by atoms with Crippen molar-refractivity contribution >= 4 is 11.5 Å². The Hall–Kier alpha value is -2.89. The van der Waals surface area contributed by atoms with Gasteiger partial charge < -0.3 is 14.3 Å². The Labute approximate surface area is 159 Å². The molecule has 1 N–H and O–H groups in total. The zero-order valence-electron chi connectivity index (χ0n) is 16.0. The normalized spacial score (nSPS) is 14.6. The first-order chi connectivity index (χ1) is 13.2. The Kier molecular flexibility index (Phi) is 6.06. The van der Waals surface area contributed by atoms with E-state index in [1.54, 1.807) is 17.3 Å². The maximum absolute atomic E-state index is 13.1. The van der Waals surface area contributed by atoms with E-state index in [0.717, 1.165) is 36.2 Å². The number of aryl methyl sites for hydroxylation is 1. The third-order valence-corrected chi connectivity index (χ3v) is 4.63. The minimum atomic E-state index is -0.108. The van der Waals surface area contributed by atoms with Crippen LogP contribution < -0.4 is 0 Å². The number of imidazole rings is 1. The number of rotatable bonds is 7. The molecule has 0 fully saturated rings. The summed E-state index contributed by atoms with van der Waals surface area (Å²) in [5, 5.41) is 0. The van der Waals surface area contributed by atoms with E-state index in [-0.39, 0.29) is 5.91 Å². The summed E-state index contributed by atoms with van der Waals surface area (Å²) in [6.45, 7) is 8.93. The molecular formula is C21H26N4O2. The number of carbonyl (C=O) groups excluding carboxylic acids is 1. The van der Waals surface area contributed by atoms with Gasteiger partial charge in [-0.25, -0.2) is 9.97 Å². The molecule has 1 aliphatic heterocycles. The molecule has 6 nitrogen and oxygen atoms in total. The van der Waals surface area contributed by atoms with Crippen LogP contribution in [0, 0.1) is 0 Å². The van der Waals surface area contributed by atoms with Gasteiger partial charge in [0.25, 0.3) is 5.91 Å². The summed E-state index contributed by atoms with van der Waals surface area (Å²) in [5.74, 6) is 0.776. The van der Waals surface area contributed by atoms with E-state index in [4.69, 9.17) is 4.42 Å². The zero-order valence-corrected chi connectivity index (χ0v) is 16.0. The van der Waals surface area contributed by atoms with Crippen molar-refractivity contribution in [2.24, 2.45) is 0 Å². The highest BCUT2D eigenvalue weighted by molar-refractivity contribution is 5.93. The summed E-state index contributed by atoms with van der Waals surface area (Å²) in [4.78, 5) is 26.9. The summed E-state index contributed by atoms with van der Waals surface area (Å²) in [7, 11) is 0. The van der Waals surface area contributed by atoms with E-state index in [9.17, 15) is 4.79 Å². The van der Waals surface area contributed by atoms with Gasteiger partial charge in [0.15, 0.2) is 0 Å². The molecule has 27 heavy (non-hydrogen) atoms. The largest absolute Gasteiger partial charge is 0.431 e. The molecule has 1 amide bonds. The SMILES string of the molecule is C=C/C=C\C=C(/CCC)c1nc(CC)c(C(=O)N2CCc3nc[nH]c3C2)o1. The maximum atomic E-state index is 13.1. The van der Waals surface area contributed by atoms with Gasteiger partial charge in [-0.2, -0.15) is 0 Å². The predicted octanol–water partition coefficient (Wildman–Crippen LogP) is 4.08. The number of hydrogen-bond acceptors (Lipinski definition) is 4. The lowest BCUT2D eigenvalue weighted by molar-refractivity contribution is 0.0697. The monoisotopic (exact) mass is 366 g/mol. The number of amides is 1. The second kappa shape index (κ2) is 8.66. The topological polar surface area (TPSA) is 75.0 Å². The van der Waals surface area contributed by atoms with E-state index in [0.29, 0.717) is 36.9 Å². The summed E-state index contributed by atoms with van der Waals surface area (Å²) in [6, 6.07) is 0. The minimum Gasteiger partial charge on any atom is -0.431 e. The summed E-state index contributed by atoms with van der Waals surface area (Å²) in [5.41, 5.74) is 3.72. The second-order valence-corrected chi connectivity index (χ2v) is 6.52. The molecule has 6 heteroatoms. The number of aromatic amines is 1. The van der Waals surface area contributed by atoms with E-state index in [1.807, 2.05) is 25.2 Å². The predicted molar refractivity (Wildman–Crippen MR) is 105 cm³/mol. The van der Waals surface area contributed by atoms with Crippen LogP contribution in [-0.4, -0.2) is 32.3 Å². The van der Waals surface area contributed by atoms with E-state index >= 15 is 0 Å². The van der Waals surface area contributed by atoms with Crippen LogP contribution in [0.1, 0.15) is 60.2 Å². The molecule has 0 aliphatic carbocycles. The van der Waals surface area contributed by atoms with Crippen LogP contribution in [-0.2, 0) is 19.4 Å². The molecule has 0 atom stereocenters. The smallest absolute Gasteiger partial charge is 0.291 e. The second-order valence-electron chi connectivity index (χ2n) is 6.52. The average molecular weight is 366 g/mol. The summed E-state index contributed by atoms with van der Waals surface area (Å²) < 4.78 is 5.98. The highest BCUT2D eigenvalue weighted by Gasteiger charge is 2.28.